The molecule has 1 aliphatic carbocycles. The van der Waals surface area contributed by atoms with Gasteiger partial charge in [-0.25, -0.2) is 9.97 Å². The summed E-state index contributed by atoms with van der Waals surface area (Å²) in [6.45, 7) is 0. The summed E-state index contributed by atoms with van der Waals surface area (Å²) >= 11 is 6.13. The van der Waals surface area contributed by atoms with E-state index in [2.05, 4.69) is 20.3 Å². The molecule has 3 rings (SSSR count). The highest BCUT2D eigenvalue weighted by atomic mass is 35.5. The topological polar surface area (TPSA) is 100 Å². The molecule has 0 amide bonds. The molecule has 10 heteroatoms. The molecule has 3 N–H and O–H groups in total. The molecule has 0 spiro atoms. The molecule has 1 aromatic carbocycles. The molecule has 1 aromatic heterocycles. The predicted molar refractivity (Wildman–Crippen MR) is 85.3 cm³/mol. The van der Waals surface area contributed by atoms with Gasteiger partial charge in [-0.15, -0.1) is 5.11 Å². The van der Waals surface area contributed by atoms with Gasteiger partial charge in [-0.3, -0.25) is 5.41 Å². The van der Waals surface area contributed by atoms with Crippen molar-refractivity contribution < 1.29 is 13.2 Å². The molecule has 6 nitrogen and oxygen atoms in total. The van der Waals surface area contributed by atoms with E-state index in [-0.39, 0.29) is 35.0 Å². The van der Waals surface area contributed by atoms with Gasteiger partial charge in [0.2, 0.25) is 0 Å². The molecule has 25 heavy (non-hydrogen) atoms. The van der Waals surface area contributed by atoms with Crippen LogP contribution in [0.25, 0.3) is 11.3 Å². The Balaban J connectivity index is 1.97. The maximum absolute atomic E-state index is 13.3. The summed E-state index contributed by atoms with van der Waals surface area (Å²) in [6, 6.07) is 5.79. The van der Waals surface area contributed by atoms with E-state index >= 15 is 0 Å². The molecule has 130 valence electrons. The van der Waals surface area contributed by atoms with Crippen molar-refractivity contribution in [3.05, 3.63) is 46.9 Å². The lowest BCUT2D eigenvalue weighted by Crippen LogP contribution is -2.28. The average molecular weight is 369 g/mol. The number of hydrogen-bond donors (Lipinski definition) is 2. The van der Waals surface area contributed by atoms with Crippen molar-refractivity contribution in [2.45, 2.75) is 24.4 Å². The van der Waals surface area contributed by atoms with Gasteiger partial charge in [-0.2, -0.15) is 13.2 Å². The van der Waals surface area contributed by atoms with E-state index in [1.807, 2.05) is 0 Å². The molecule has 1 aliphatic rings. The minimum Gasteiger partial charge on any atom is -0.305 e. The monoisotopic (exact) mass is 368 g/mol. The number of nitrogens with one attached hydrogen (secondary N) is 1. The Hall–Kier alpha value is -2.55. The third kappa shape index (κ3) is 3.07. The molecule has 1 saturated carbocycles. The number of benzene rings is 1. The molecule has 0 radical (unpaired) electrons. The first-order valence-corrected chi connectivity index (χ1v) is 7.55. The number of halogens is 4. The van der Waals surface area contributed by atoms with E-state index in [0.717, 1.165) is 0 Å². The van der Waals surface area contributed by atoms with E-state index in [0.29, 0.717) is 11.3 Å². The maximum atomic E-state index is 13.3. The van der Waals surface area contributed by atoms with Crippen LogP contribution < -0.4 is 5.84 Å². The fourth-order valence-corrected chi connectivity index (χ4v) is 3.01. The van der Waals surface area contributed by atoms with Crippen molar-refractivity contribution >= 4 is 17.4 Å². The van der Waals surface area contributed by atoms with Crippen molar-refractivity contribution in [2.24, 2.45) is 16.2 Å². The van der Waals surface area contributed by atoms with Gasteiger partial charge in [0, 0.05) is 10.6 Å². The maximum Gasteiger partial charge on any atom is 0.398 e. The summed E-state index contributed by atoms with van der Waals surface area (Å²) in [5, 5.41) is 14.1. The van der Waals surface area contributed by atoms with Crippen LogP contribution in [0.1, 0.15) is 24.1 Å². The van der Waals surface area contributed by atoms with E-state index in [1.54, 1.807) is 0 Å². The zero-order chi connectivity index (χ0) is 18.2. The Bertz CT molecular complexity index is 861. The highest BCUT2D eigenvalue weighted by Gasteiger charge is 2.64. The van der Waals surface area contributed by atoms with Crippen LogP contribution >= 0.6 is 11.6 Å². The first-order valence-electron chi connectivity index (χ1n) is 7.17. The molecule has 0 bridgehead atoms. The molecule has 1 heterocycles. The van der Waals surface area contributed by atoms with Crippen LogP contribution in [0.3, 0.4) is 0 Å². The highest BCUT2D eigenvalue weighted by Crippen LogP contribution is 2.60. The highest BCUT2D eigenvalue weighted by molar-refractivity contribution is 6.31. The molecule has 0 aliphatic heterocycles. The molecule has 0 atom stereocenters. The summed E-state index contributed by atoms with van der Waals surface area (Å²) in [5.74, 6) is 4.64. The Morgan fingerprint density at radius 1 is 1.24 bits per heavy atom. The standard InChI is InChI=1S/C15H12ClF3N6/c16-10-5-8(1-2-9(10)14(3-4-14)15(17,18)19)11-6-12(23-7-22-11)13(20)24-25-21/h1-2,5-7H,3-4H2,(H3,20,21,24). The van der Waals surface area contributed by atoms with E-state index in [4.69, 9.17) is 22.9 Å². The van der Waals surface area contributed by atoms with Gasteiger partial charge >= 0.3 is 6.18 Å². The first-order chi connectivity index (χ1) is 11.8. The van der Waals surface area contributed by atoms with Crippen molar-refractivity contribution in [1.29, 1.82) is 5.41 Å². The molecule has 0 unspecified atom stereocenters. The second-order valence-corrected chi connectivity index (χ2v) is 6.03. The summed E-state index contributed by atoms with van der Waals surface area (Å²) in [7, 11) is 0. The van der Waals surface area contributed by atoms with Crippen LogP contribution in [0.5, 0.6) is 0 Å². The van der Waals surface area contributed by atoms with Gasteiger partial charge in [-0.1, -0.05) is 29.0 Å². The lowest BCUT2D eigenvalue weighted by atomic mass is 9.93. The minimum atomic E-state index is -4.33. The average Bonchev–Trinajstić information content (AvgIpc) is 3.36. The lowest BCUT2D eigenvalue weighted by Gasteiger charge is -2.21. The molecule has 1 fully saturated rings. The number of amidine groups is 1. The van der Waals surface area contributed by atoms with Crippen molar-refractivity contribution in [3.8, 4) is 11.3 Å². The third-order valence-electron chi connectivity index (χ3n) is 4.14. The Morgan fingerprint density at radius 3 is 2.52 bits per heavy atom. The molecule has 2 aromatic rings. The van der Waals surface area contributed by atoms with E-state index in [9.17, 15) is 13.2 Å². The molecular formula is C15H12ClF3N6. The number of alkyl halides is 3. The fourth-order valence-electron chi connectivity index (χ4n) is 2.65. The first kappa shape index (κ1) is 17.3. The van der Waals surface area contributed by atoms with Gasteiger partial charge in [0.05, 0.1) is 11.1 Å². The van der Waals surface area contributed by atoms with Gasteiger partial charge in [0.15, 0.2) is 5.84 Å². The van der Waals surface area contributed by atoms with Gasteiger partial charge in [0.1, 0.15) is 12.0 Å². The number of rotatable bonds is 3. The van der Waals surface area contributed by atoms with Crippen LogP contribution in [-0.4, -0.2) is 22.0 Å². The molecular weight excluding hydrogens is 357 g/mol. The number of nitrogens with two attached hydrogens (primary N) is 1. The molecule has 0 saturated heterocycles. The second kappa shape index (κ2) is 6.07. The zero-order valence-corrected chi connectivity index (χ0v) is 13.4. The Kier molecular flexibility index (Phi) is 4.19. The van der Waals surface area contributed by atoms with Crippen LogP contribution in [0, 0.1) is 5.41 Å². The summed E-state index contributed by atoms with van der Waals surface area (Å²) in [6.07, 6.45) is -3.04. The van der Waals surface area contributed by atoms with Gasteiger partial charge < -0.3 is 5.84 Å². The number of hydrogen-bond acceptors (Lipinski definition) is 4. The summed E-state index contributed by atoms with van der Waals surface area (Å²) in [5.41, 5.74) is -0.693. The third-order valence-corrected chi connectivity index (χ3v) is 4.45. The van der Waals surface area contributed by atoms with Crippen LogP contribution in [0.2, 0.25) is 5.02 Å². The SMILES string of the molecule is N=C(N=NN)c1cc(-c2ccc(C3(C(F)(F)F)CC3)c(Cl)c2)ncn1. The minimum absolute atomic E-state index is 0.0317. The quantitative estimate of drug-likeness (QED) is 0.281. The van der Waals surface area contributed by atoms with Crippen LogP contribution in [0.4, 0.5) is 13.2 Å². The van der Waals surface area contributed by atoms with Gasteiger partial charge in [-0.05, 0) is 30.5 Å². The number of aromatic nitrogens is 2. The van der Waals surface area contributed by atoms with Crippen molar-refractivity contribution in [2.75, 3.05) is 0 Å². The fraction of sp³-hybridized carbons (Fsp3) is 0.267. The van der Waals surface area contributed by atoms with Crippen LogP contribution in [-0.2, 0) is 5.41 Å². The Labute approximate surface area is 145 Å². The number of nitrogens with zero attached hydrogens (tertiary/aromatic N) is 4. The summed E-state index contributed by atoms with van der Waals surface area (Å²) < 4.78 is 39.8. The second-order valence-electron chi connectivity index (χ2n) is 5.63. The smallest absolute Gasteiger partial charge is 0.305 e. The lowest BCUT2D eigenvalue weighted by molar-refractivity contribution is -0.160. The summed E-state index contributed by atoms with van der Waals surface area (Å²) in [4.78, 5) is 7.94. The largest absolute Gasteiger partial charge is 0.398 e. The van der Waals surface area contributed by atoms with E-state index < -0.39 is 11.6 Å². The van der Waals surface area contributed by atoms with Gasteiger partial charge in [0.25, 0.3) is 0 Å². The zero-order valence-electron chi connectivity index (χ0n) is 12.7. The normalized spacial score (nSPS) is 16.2. The predicted octanol–water partition coefficient (Wildman–Crippen LogP) is 4.04. The van der Waals surface area contributed by atoms with Crippen molar-refractivity contribution in [1.82, 2.24) is 9.97 Å². The van der Waals surface area contributed by atoms with E-state index in [1.165, 1.54) is 30.6 Å². The Morgan fingerprint density at radius 2 is 1.96 bits per heavy atom. The van der Waals surface area contributed by atoms with Crippen LogP contribution in [0.15, 0.2) is 40.9 Å². The van der Waals surface area contributed by atoms with Crippen molar-refractivity contribution in [3.63, 3.8) is 0 Å².